The van der Waals surface area contributed by atoms with E-state index < -0.39 is 0 Å². The molecule has 0 spiro atoms. The Morgan fingerprint density at radius 2 is 1.95 bits per heavy atom. The predicted octanol–water partition coefficient (Wildman–Crippen LogP) is 3.33. The third-order valence-corrected chi connectivity index (χ3v) is 4.30. The van der Waals surface area contributed by atoms with Gasteiger partial charge < -0.3 is 15.4 Å². The number of nitrogens with one attached hydrogen (secondary N) is 2. The van der Waals surface area contributed by atoms with Crippen LogP contribution in [0.1, 0.15) is 45.1 Å². The van der Waals surface area contributed by atoms with Crippen molar-refractivity contribution in [3.63, 3.8) is 0 Å². The van der Waals surface area contributed by atoms with Crippen molar-refractivity contribution >= 4 is 5.96 Å². The molecule has 1 aliphatic carbocycles. The standard InChI is InChI=1S/C18H29N3O/c1-4-19-18(21-16-11-9-14(2)10-12-16)20-13-15-7-5-6-8-17(15)22-3/h5-8,14,16H,4,9-13H2,1-3H3,(H2,19,20,21). The fourth-order valence-corrected chi connectivity index (χ4v) is 2.92. The zero-order chi connectivity index (χ0) is 15.8. The first-order valence-corrected chi connectivity index (χ1v) is 8.39. The van der Waals surface area contributed by atoms with Gasteiger partial charge in [0.15, 0.2) is 5.96 Å². The van der Waals surface area contributed by atoms with Crippen molar-refractivity contribution in [1.82, 2.24) is 10.6 Å². The first kappa shape index (κ1) is 16.7. The van der Waals surface area contributed by atoms with Crippen LogP contribution in [0.15, 0.2) is 29.3 Å². The number of hydrogen-bond acceptors (Lipinski definition) is 2. The smallest absolute Gasteiger partial charge is 0.191 e. The van der Waals surface area contributed by atoms with Crippen LogP contribution in [0.25, 0.3) is 0 Å². The van der Waals surface area contributed by atoms with E-state index in [0.29, 0.717) is 12.6 Å². The topological polar surface area (TPSA) is 45.7 Å². The van der Waals surface area contributed by atoms with E-state index in [0.717, 1.165) is 29.7 Å². The Bertz CT molecular complexity index is 479. The third-order valence-electron chi connectivity index (χ3n) is 4.30. The highest BCUT2D eigenvalue weighted by atomic mass is 16.5. The monoisotopic (exact) mass is 303 g/mol. The van der Waals surface area contributed by atoms with Gasteiger partial charge in [0.05, 0.1) is 13.7 Å². The number of hydrogen-bond donors (Lipinski definition) is 2. The minimum atomic E-state index is 0.548. The molecule has 0 bridgehead atoms. The zero-order valence-electron chi connectivity index (χ0n) is 14.1. The van der Waals surface area contributed by atoms with Crippen LogP contribution in [-0.4, -0.2) is 25.7 Å². The minimum Gasteiger partial charge on any atom is -0.496 e. The number of benzene rings is 1. The summed E-state index contributed by atoms with van der Waals surface area (Å²) in [7, 11) is 1.70. The lowest BCUT2D eigenvalue weighted by Crippen LogP contribution is -2.44. The first-order chi connectivity index (χ1) is 10.7. The van der Waals surface area contributed by atoms with Crippen LogP contribution >= 0.6 is 0 Å². The molecule has 1 aliphatic rings. The maximum absolute atomic E-state index is 5.39. The fraction of sp³-hybridized carbons (Fsp3) is 0.611. The number of rotatable bonds is 5. The van der Waals surface area contributed by atoms with Gasteiger partial charge in [-0.15, -0.1) is 0 Å². The molecule has 0 heterocycles. The lowest BCUT2D eigenvalue weighted by Gasteiger charge is -2.28. The Balaban J connectivity index is 1.97. The molecular formula is C18H29N3O. The summed E-state index contributed by atoms with van der Waals surface area (Å²) in [6.07, 6.45) is 5.09. The normalized spacial score (nSPS) is 22.2. The van der Waals surface area contributed by atoms with E-state index in [1.54, 1.807) is 7.11 Å². The summed E-state index contributed by atoms with van der Waals surface area (Å²) in [6.45, 7) is 5.95. The van der Waals surface area contributed by atoms with E-state index in [4.69, 9.17) is 9.73 Å². The van der Waals surface area contributed by atoms with Gasteiger partial charge in [0.1, 0.15) is 5.75 Å². The number of nitrogens with zero attached hydrogens (tertiary/aromatic N) is 1. The van der Waals surface area contributed by atoms with Gasteiger partial charge in [0.25, 0.3) is 0 Å². The van der Waals surface area contributed by atoms with Gasteiger partial charge in [-0.25, -0.2) is 4.99 Å². The molecule has 1 saturated carbocycles. The summed E-state index contributed by atoms with van der Waals surface area (Å²) < 4.78 is 5.39. The molecule has 0 atom stereocenters. The molecule has 2 rings (SSSR count). The maximum Gasteiger partial charge on any atom is 0.191 e. The van der Waals surface area contributed by atoms with E-state index >= 15 is 0 Å². The maximum atomic E-state index is 5.39. The Morgan fingerprint density at radius 3 is 2.64 bits per heavy atom. The van der Waals surface area contributed by atoms with Crippen molar-refractivity contribution in [3.05, 3.63) is 29.8 Å². The van der Waals surface area contributed by atoms with E-state index in [1.165, 1.54) is 25.7 Å². The van der Waals surface area contributed by atoms with Crippen LogP contribution < -0.4 is 15.4 Å². The van der Waals surface area contributed by atoms with Crippen molar-refractivity contribution in [2.45, 2.75) is 52.1 Å². The summed E-state index contributed by atoms with van der Waals surface area (Å²) >= 11 is 0. The Labute approximate surface area is 134 Å². The van der Waals surface area contributed by atoms with Crippen molar-refractivity contribution in [1.29, 1.82) is 0 Å². The molecule has 0 radical (unpaired) electrons. The van der Waals surface area contributed by atoms with Crippen LogP contribution in [-0.2, 0) is 6.54 Å². The van der Waals surface area contributed by atoms with Crippen LogP contribution in [0.2, 0.25) is 0 Å². The summed E-state index contributed by atoms with van der Waals surface area (Å²) in [4.78, 5) is 4.72. The molecule has 1 aromatic rings. The van der Waals surface area contributed by atoms with E-state index in [9.17, 15) is 0 Å². The molecule has 22 heavy (non-hydrogen) atoms. The number of para-hydroxylation sites is 1. The molecule has 4 nitrogen and oxygen atoms in total. The number of aliphatic imine (C=N–C) groups is 1. The Morgan fingerprint density at radius 1 is 1.23 bits per heavy atom. The molecule has 0 aliphatic heterocycles. The van der Waals surface area contributed by atoms with Gasteiger partial charge in [-0.3, -0.25) is 0 Å². The molecule has 0 saturated heterocycles. The summed E-state index contributed by atoms with van der Waals surface area (Å²) in [5.74, 6) is 2.67. The van der Waals surface area contributed by atoms with Gasteiger partial charge in [-0.05, 0) is 44.6 Å². The average Bonchev–Trinajstić information content (AvgIpc) is 2.55. The number of guanidine groups is 1. The van der Waals surface area contributed by atoms with Gasteiger partial charge in [-0.1, -0.05) is 25.1 Å². The van der Waals surface area contributed by atoms with E-state index in [-0.39, 0.29) is 0 Å². The minimum absolute atomic E-state index is 0.548. The Kier molecular flexibility index (Phi) is 6.56. The average molecular weight is 303 g/mol. The van der Waals surface area contributed by atoms with Gasteiger partial charge >= 0.3 is 0 Å². The van der Waals surface area contributed by atoms with E-state index in [2.05, 4.69) is 30.5 Å². The molecule has 122 valence electrons. The number of methoxy groups -OCH3 is 1. The molecule has 0 unspecified atom stereocenters. The third kappa shape index (κ3) is 4.93. The second kappa shape index (κ2) is 8.66. The highest BCUT2D eigenvalue weighted by molar-refractivity contribution is 5.80. The highest BCUT2D eigenvalue weighted by Gasteiger charge is 2.18. The van der Waals surface area contributed by atoms with Crippen molar-refractivity contribution in [2.24, 2.45) is 10.9 Å². The predicted molar refractivity (Wildman–Crippen MR) is 92.4 cm³/mol. The van der Waals surface area contributed by atoms with Crippen LogP contribution in [0.3, 0.4) is 0 Å². The molecular weight excluding hydrogens is 274 g/mol. The van der Waals surface area contributed by atoms with Crippen molar-refractivity contribution in [2.75, 3.05) is 13.7 Å². The molecule has 1 aromatic carbocycles. The highest BCUT2D eigenvalue weighted by Crippen LogP contribution is 2.23. The molecule has 2 N–H and O–H groups in total. The van der Waals surface area contributed by atoms with Gasteiger partial charge in [0.2, 0.25) is 0 Å². The van der Waals surface area contributed by atoms with Crippen LogP contribution in [0.4, 0.5) is 0 Å². The van der Waals surface area contributed by atoms with Crippen molar-refractivity contribution < 1.29 is 4.74 Å². The lowest BCUT2D eigenvalue weighted by molar-refractivity contribution is 0.329. The van der Waals surface area contributed by atoms with E-state index in [1.807, 2.05) is 18.2 Å². The van der Waals surface area contributed by atoms with Crippen LogP contribution in [0.5, 0.6) is 5.75 Å². The van der Waals surface area contributed by atoms with Gasteiger partial charge in [0, 0.05) is 18.2 Å². The summed E-state index contributed by atoms with van der Waals surface area (Å²) in [5.41, 5.74) is 1.11. The fourth-order valence-electron chi connectivity index (χ4n) is 2.92. The second-order valence-electron chi connectivity index (χ2n) is 6.11. The van der Waals surface area contributed by atoms with Crippen LogP contribution in [0, 0.1) is 5.92 Å². The largest absolute Gasteiger partial charge is 0.496 e. The second-order valence-corrected chi connectivity index (χ2v) is 6.11. The first-order valence-electron chi connectivity index (χ1n) is 8.39. The molecule has 4 heteroatoms. The number of ether oxygens (including phenoxy) is 1. The summed E-state index contributed by atoms with van der Waals surface area (Å²) in [6, 6.07) is 8.60. The van der Waals surface area contributed by atoms with Gasteiger partial charge in [-0.2, -0.15) is 0 Å². The Hall–Kier alpha value is -1.71. The summed E-state index contributed by atoms with van der Waals surface area (Å²) in [5, 5.41) is 6.93. The SMILES string of the molecule is CCNC(=NCc1ccccc1OC)NC1CCC(C)CC1. The zero-order valence-corrected chi connectivity index (χ0v) is 14.1. The lowest BCUT2D eigenvalue weighted by atomic mass is 9.87. The van der Waals surface area contributed by atoms with Crippen molar-refractivity contribution in [3.8, 4) is 5.75 Å². The molecule has 1 fully saturated rings. The quantitative estimate of drug-likeness (QED) is 0.648. The molecule has 0 amide bonds. The molecule has 0 aromatic heterocycles.